The Hall–Kier alpha value is -4.37. The average Bonchev–Trinajstić information content (AvgIpc) is 3.70. The van der Waals surface area contributed by atoms with E-state index >= 15 is 0 Å². The average molecular weight is 620 g/mol. The molecule has 2 aromatic heterocycles. The van der Waals surface area contributed by atoms with Crippen LogP contribution in [0.15, 0.2) is 54.6 Å². The first-order valence-electron chi connectivity index (χ1n) is 15.4. The van der Waals surface area contributed by atoms with Gasteiger partial charge in [0.25, 0.3) is 0 Å². The second-order valence-corrected chi connectivity index (χ2v) is 13.7. The van der Waals surface area contributed by atoms with Gasteiger partial charge in [-0.2, -0.15) is 5.26 Å². The molecular formula is C34H30FN5O4Si. The van der Waals surface area contributed by atoms with E-state index in [0.29, 0.717) is 32.8 Å². The molecular weight excluding hydrogens is 589 g/mol. The number of nitriles is 1. The van der Waals surface area contributed by atoms with Crippen molar-refractivity contribution < 1.29 is 23.8 Å². The molecule has 0 bridgehead atoms. The normalized spacial score (nSPS) is 24.4. The number of pyridine rings is 1. The van der Waals surface area contributed by atoms with Crippen molar-refractivity contribution in [3.63, 3.8) is 0 Å². The molecule has 0 amide bonds. The number of rotatable bonds is 7. The number of benzene rings is 2. The number of hydrogen-bond donors (Lipinski definition) is 1. The molecule has 2 aromatic carbocycles. The van der Waals surface area contributed by atoms with E-state index in [0.717, 1.165) is 67.2 Å². The minimum atomic E-state index is -1.04. The monoisotopic (exact) mass is 619 g/mol. The van der Waals surface area contributed by atoms with Crippen LogP contribution in [0.2, 0.25) is 5.54 Å². The fourth-order valence-corrected chi connectivity index (χ4v) is 8.43. The third-order valence-corrected chi connectivity index (χ3v) is 11.1. The Morgan fingerprint density at radius 3 is 2.69 bits per heavy atom. The van der Waals surface area contributed by atoms with Gasteiger partial charge in [-0.15, -0.1) is 0 Å². The molecule has 4 aromatic rings. The van der Waals surface area contributed by atoms with Gasteiger partial charge in [-0.3, -0.25) is 4.90 Å². The van der Waals surface area contributed by atoms with Crippen molar-refractivity contribution in [3.05, 3.63) is 94.2 Å². The number of aromatic carboxylic acids is 1. The van der Waals surface area contributed by atoms with Crippen LogP contribution < -0.4 is 4.74 Å². The number of nitrogens with zero attached hydrogens (tertiary/aromatic N) is 5. The minimum absolute atomic E-state index is 0.0314. The summed E-state index contributed by atoms with van der Waals surface area (Å²) in [6, 6.07) is 16.0. The molecule has 3 fully saturated rings. The van der Waals surface area contributed by atoms with Crippen LogP contribution in [0.3, 0.4) is 0 Å². The molecule has 0 unspecified atom stereocenters. The molecule has 8 rings (SSSR count). The number of ether oxygens (including phenoxy) is 2. The Balaban J connectivity index is 1.00. The molecule has 0 saturated carbocycles. The molecule has 45 heavy (non-hydrogen) atoms. The molecule has 11 heteroatoms. The van der Waals surface area contributed by atoms with Crippen molar-refractivity contribution in [1.29, 1.82) is 5.26 Å². The molecule has 0 aliphatic carbocycles. The van der Waals surface area contributed by atoms with Crippen molar-refractivity contribution in [3.8, 4) is 11.8 Å². The summed E-state index contributed by atoms with van der Waals surface area (Å²) in [6.07, 6.45) is 6.51. The highest BCUT2D eigenvalue weighted by Crippen LogP contribution is 2.49. The van der Waals surface area contributed by atoms with Crippen molar-refractivity contribution in [1.82, 2.24) is 19.4 Å². The summed E-state index contributed by atoms with van der Waals surface area (Å²) in [5, 5.41) is 18.7. The maximum absolute atomic E-state index is 14.8. The van der Waals surface area contributed by atoms with Gasteiger partial charge in [-0.25, -0.2) is 19.2 Å². The van der Waals surface area contributed by atoms with Gasteiger partial charge in [0.2, 0.25) is 0 Å². The zero-order valence-electron chi connectivity index (χ0n) is 24.4. The Labute approximate surface area is 261 Å². The van der Waals surface area contributed by atoms with Crippen LogP contribution in [-0.2, 0) is 11.3 Å². The van der Waals surface area contributed by atoms with E-state index in [9.17, 15) is 14.3 Å². The first kappa shape index (κ1) is 28.1. The predicted octanol–water partition coefficient (Wildman–Crippen LogP) is 5.46. The molecule has 226 valence electrons. The number of halogens is 1. The highest BCUT2D eigenvalue weighted by atomic mass is 28.2. The summed E-state index contributed by atoms with van der Waals surface area (Å²) >= 11 is 0. The summed E-state index contributed by atoms with van der Waals surface area (Å²) in [5.41, 5.74) is 4.91. The number of likely N-dealkylation sites (tertiary alicyclic amines) is 1. The summed E-state index contributed by atoms with van der Waals surface area (Å²) in [5.74, 6) is 0.528. The number of carbonyl (C=O) groups is 1. The summed E-state index contributed by atoms with van der Waals surface area (Å²) < 4.78 is 29.3. The lowest BCUT2D eigenvalue weighted by Gasteiger charge is -2.34. The molecule has 9 nitrogen and oxygen atoms in total. The molecule has 1 N–H and O–H groups in total. The maximum Gasteiger partial charge on any atom is 0.354 e. The highest BCUT2D eigenvalue weighted by molar-refractivity contribution is 6.53. The van der Waals surface area contributed by atoms with Gasteiger partial charge in [0, 0.05) is 23.4 Å². The number of aromatic nitrogens is 3. The quantitative estimate of drug-likeness (QED) is 0.272. The topological polar surface area (TPSA) is 114 Å². The number of imidazole rings is 1. The Bertz CT molecular complexity index is 1890. The first-order valence-corrected chi connectivity index (χ1v) is 16.5. The number of hydrogen-bond acceptors (Lipinski definition) is 7. The van der Waals surface area contributed by atoms with E-state index in [4.69, 9.17) is 19.7 Å². The van der Waals surface area contributed by atoms with Crippen LogP contribution in [0, 0.1) is 17.1 Å². The van der Waals surface area contributed by atoms with Crippen molar-refractivity contribution in [2.24, 2.45) is 0 Å². The molecule has 3 saturated heterocycles. The Morgan fingerprint density at radius 2 is 1.96 bits per heavy atom. The standard InChI is InChI=1S/C34H30FN5O4Si/c35-24-16-19(17-36)4-6-23(24)27-9-5-21-2-1-3-22(30(21)44-27)20-10-13-39(14-11-20)18-29-37-25-7-8-26(34(41)42)38-32(25)40(29)33-31(45-33)28-12-15-43-28/h1-9,16,20,27-28,31,33H,10-15,18H2,(H,41,42)/t27-,28+,31+,33-/m1/s1. The van der Waals surface area contributed by atoms with Gasteiger partial charge in [0.05, 0.1) is 33.8 Å². The zero-order valence-corrected chi connectivity index (χ0v) is 25.4. The van der Waals surface area contributed by atoms with Crippen LogP contribution in [0.1, 0.15) is 75.5 Å². The summed E-state index contributed by atoms with van der Waals surface area (Å²) in [7, 11) is 0.711. The van der Waals surface area contributed by atoms with E-state index in [-0.39, 0.29) is 28.9 Å². The SMILES string of the molecule is N#Cc1ccc([C@H]2C=Cc3cccc(C4CCN(Cc5nc6ccc(C(=O)O)nc6n5[C@@H]5[Si][C@H]5[C@@H]5CCO5)CC4)c3O2)c(F)c1. The second-order valence-electron chi connectivity index (χ2n) is 12.1. The van der Waals surface area contributed by atoms with Crippen LogP contribution in [0.25, 0.3) is 17.2 Å². The molecule has 6 heterocycles. The van der Waals surface area contributed by atoms with Crippen molar-refractivity contribution in [2.45, 2.75) is 55.1 Å². The van der Waals surface area contributed by atoms with E-state index in [1.165, 1.54) is 12.1 Å². The lowest BCUT2D eigenvalue weighted by Crippen LogP contribution is -2.33. The smallest absolute Gasteiger partial charge is 0.354 e. The molecule has 4 aliphatic rings. The number of carboxylic acids is 1. The Morgan fingerprint density at radius 1 is 1.11 bits per heavy atom. The van der Waals surface area contributed by atoms with Crippen LogP contribution in [-0.4, -0.2) is 65.8 Å². The Kier molecular flexibility index (Phi) is 7.01. The van der Waals surface area contributed by atoms with Gasteiger partial charge >= 0.3 is 5.97 Å². The number of fused-ring (bicyclic) bond motifs is 2. The molecule has 4 aliphatic heterocycles. The summed E-state index contributed by atoms with van der Waals surface area (Å²) in [6.45, 7) is 3.22. The minimum Gasteiger partial charge on any atom is -0.481 e. The fraction of sp³-hybridized carbons (Fsp3) is 0.353. The molecule has 4 atom stereocenters. The number of para-hydroxylation sites is 1. The van der Waals surface area contributed by atoms with E-state index in [1.807, 2.05) is 24.3 Å². The van der Waals surface area contributed by atoms with E-state index < -0.39 is 17.9 Å². The van der Waals surface area contributed by atoms with Gasteiger partial charge in [0.15, 0.2) is 11.3 Å². The highest BCUT2D eigenvalue weighted by Gasteiger charge is 2.49. The molecule has 0 spiro atoms. The van der Waals surface area contributed by atoms with Gasteiger partial charge in [-0.1, -0.05) is 30.3 Å². The molecule has 2 radical (unpaired) electrons. The number of piperidine rings is 1. The van der Waals surface area contributed by atoms with Crippen LogP contribution in [0.4, 0.5) is 4.39 Å². The van der Waals surface area contributed by atoms with E-state index in [1.54, 1.807) is 18.2 Å². The van der Waals surface area contributed by atoms with E-state index in [2.05, 4.69) is 26.6 Å². The lowest BCUT2D eigenvalue weighted by molar-refractivity contribution is -0.0494. The third kappa shape index (κ3) is 5.13. The second kappa shape index (κ2) is 11.2. The van der Waals surface area contributed by atoms with Crippen molar-refractivity contribution >= 4 is 32.7 Å². The zero-order chi connectivity index (χ0) is 30.7. The van der Waals surface area contributed by atoms with Crippen LogP contribution in [0.5, 0.6) is 5.75 Å². The largest absolute Gasteiger partial charge is 0.481 e. The predicted molar refractivity (Wildman–Crippen MR) is 165 cm³/mol. The van der Waals surface area contributed by atoms with Gasteiger partial charge in [-0.05, 0) is 79.7 Å². The van der Waals surface area contributed by atoms with Gasteiger partial charge in [0.1, 0.15) is 29.0 Å². The maximum atomic E-state index is 14.8. The first-order chi connectivity index (χ1) is 22.0. The van der Waals surface area contributed by atoms with Crippen LogP contribution >= 0.6 is 0 Å². The number of carboxylic acid groups (broad SMARTS) is 1. The summed E-state index contributed by atoms with van der Waals surface area (Å²) in [4.78, 5) is 23.6. The van der Waals surface area contributed by atoms with Crippen molar-refractivity contribution in [2.75, 3.05) is 19.7 Å². The van der Waals surface area contributed by atoms with Gasteiger partial charge < -0.3 is 19.1 Å². The lowest BCUT2D eigenvalue weighted by atomic mass is 9.87. The fourth-order valence-electron chi connectivity index (χ4n) is 6.88. The third-order valence-electron chi connectivity index (χ3n) is 9.44.